The van der Waals surface area contributed by atoms with Gasteiger partial charge in [-0.2, -0.15) is 13.2 Å². The lowest BCUT2D eigenvalue weighted by molar-refractivity contribution is -0.124. The fourth-order valence-corrected chi connectivity index (χ4v) is 1.85. The number of ether oxygens (including phenoxy) is 1. The summed E-state index contributed by atoms with van der Waals surface area (Å²) in [5.41, 5.74) is 0. The van der Waals surface area contributed by atoms with Gasteiger partial charge in [-0.25, -0.2) is 4.98 Å². The smallest absolute Gasteiger partial charge is 0.401 e. The average Bonchev–Trinajstić information content (AvgIpc) is 2.37. The molecule has 0 amide bonds. The summed E-state index contributed by atoms with van der Waals surface area (Å²) in [4.78, 5) is 4.06. The molecular formula is C13H12ClF3N2O. The maximum atomic E-state index is 11.9. The van der Waals surface area contributed by atoms with Crippen molar-refractivity contribution < 1.29 is 17.9 Å². The van der Waals surface area contributed by atoms with Crippen LogP contribution < -0.4 is 10.1 Å². The Hall–Kier alpha value is -1.53. The first-order chi connectivity index (χ1) is 9.46. The third-order valence-corrected chi connectivity index (χ3v) is 2.77. The normalized spacial score (nSPS) is 11.8. The summed E-state index contributed by atoms with van der Waals surface area (Å²) in [5.74, 6) is 0.360. The number of hydrogen-bond acceptors (Lipinski definition) is 3. The molecule has 0 aliphatic carbocycles. The van der Waals surface area contributed by atoms with E-state index in [2.05, 4.69) is 10.3 Å². The van der Waals surface area contributed by atoms with Crippen LogP contribution in [0.25, 0.3) is 10.8 Å². The Morgan fingerprint density at radius 2 is 2.05 bits per heavy atom. The van der Waals surface area contributed by atoms with Gasteiger partial charge in [0.05, 0.1) is 6.54 Å². The minimum Gasteiger partial charge on any atom is -0.476 e. The largest absolute Gasteiger partial charge is 0.476 e. The number of aromatic nitrogens is 1. The molecule has 0 radical (unpaired) electrons. The zero-order chi connectivity index (χ0) is 14.6. The van der Waals surface area contributed by atoms with Crippen LogP contribution in [0.15, 0.2) is 30.5 Å². The van der Waals surface area contributed by atoms with Crippen molar-refractivity contribution in [2.24, 2.45) is 0 Å². The third kappa shape index (κ3) is 4.25. The van der Waals surface area contributed by atoms with Gasteiger partial charge in [-0.05, 0) is 23.6 Å². The molecule has 0 bridgehead atoms. The minimum absolute atomic E-state index is 0.0815. The lowest BCUT2D eigenvalue weighted by atomic mass is 10.2. The van der Waals surface area contributed by atoms with Gasteiger partial charge < -0.3 is 10.1 Å². The van der Waals surface area contributed by atoms with Gasteiger partial charge in [0.15, 0.2) is 0 Å². The molecule has 0 spiro atoms. The second-order valence-electron chi connectivity index (χ2n) is 4.12. The molecule has 1 N–H and O–H groups in total. The van der Waals surface area contributed by atoms with Crippen molar-refractivity contribution in [2.45, 2.75) is 6.18 Å². The van der Waals surface area contributed by atoms with Crippen LogP contribution in [0.4, 0.5) is 13.2 Å². The van der Waals surface area contributed by atoms with Crippen molar-refractivity contribution in [1.29, 1.82) is 0 Å². The van der Waals surface area contributed by atoms with Crippen LogP contribution in [0.5, 0.6) is 5.88 Å². The summed E-state index contributed by atoms with van der Waals surface area (Å²) in [6.45, 7) is -0.863. The summed E-state index contributed by atoms with van der Waals surface area (Å²) >= 11 is 5.90. The zero-order valence-electron chi connectivity index (χ0n) is 10.4. The highest BCUT2D eigenvalue weighted by Gasteiger charge is 2.25. The van der Waals surface area contributed by atoms with Crippen molar-refractivity contribution in [3.05, 3.63) is 35.5 Å². The van der Waals surface area contributed by atoms with Crippen molar-refractivity contribution >= 4 is 22.4 Å². The molecule has 108 valence electrons. The number of nitrogens with zero attached hydrogens (tertiary/aromatic N) is 1. The molecule has 7 heteroatoms. The van der Waals surface area contributed by atoms with E-state index in [0.717, 1.165) is 10.8 Å². The van der Waals surface area contributed by atoms with Gasteiger partial charge in [-0.1, -0.05) is 17.7 Å². The van der Waals surface area contributed by atoms with E-state index in [1.807, 2.05) is 6.07 Å². The number of benzene rings is 1. The molecule has 2 aromatic rings. The molecule has 0 saturated heterocycles. The highest BCUT2D eigenvalue weighted by Crippen LogP contribution is 2.25. The second-order valence-corrected chi connectivity index (χ2v) is 4.56. The van der Waals surface area contributed by atoms with E-state index in [0.29, 0.717) is 10.9 Å². The van der Waals surface area contributed by atoms with E-state index < -0.39 is 12.7 Å². The quantitative estimate of drug-likeness (QED) is 0.860. The highest BCUT2D eigenvalue weighted by molar-refractivity contribution is 6.31. The Labute approximate surface area is 118 Å². The second kappa shape index (κ2) is 6.28. The summed E-state index contributed by atoms with van der Waals surface area (Å²) in [6, 6.07) is 7.09. The molecule has 0 atom stereocenters. The van der Waals surface area contributed by atoms with Gasteiger partial charge in [-0.15, -0.1) is 0 Å². The molecule has 2 rings (SSSR count). The molecule has 1 heterocycles. The fraction of sp³-hybridized carbons (Fsp3) is 0.308. The van der Waals surface area contributed by atoms with Crippen molar-refractivity contribution in [3.63, 3.8) is 0 Å². The van der Waals surface area contributed by atoms with Gasteiger partial charge in [0.25, 0.3) is 0 Å². The van der Waals surface area contributed by atoms with Gasteiger partial charge in [-0.3, -0.25) is 0 Å². The number of halogens is 4. The van der Waals surface area contributed by atoms with Crippen molar-refractivity contribution in [2.75, 3.05) is 19.7 Å². The third-order valence-electron chi connectivity index (χ3n) is 2.53. The van der Waals surface area contributed by atoms with E-state index in [4.69, 9.17) is 16.3 Å². The lowest BCUT2D eigenvalue weighted by Gasteiger charge is -2.10. The maximum absolute atomic E-state index is 11.9. The predicted molar refractivity (Wildman–Crippen MR) is 71.2 cm³/mol. The summed E-state index contributed by atoms with van der Waals surface area (Å²) in [6.07, 6.45) is -2.64. The van der Waals surface area contributed by atoms with E-state index in [1.54, 1.807) is 24.4 Å². The Balaban J connectivity index is 1.95. The van der Waals surface area contributed by atoms with E-state index >= 15 is 0 Å². The summed E-state index contributed by atoms with van der Waals surface area (Å²) in [5, 5.41) is 4.44. The van der Waals surface area contributed by atoms with Crippen LogP contribution in [-0.2, 0) is 0 Å². The summed E-state index contributed by atoms with van der Waals surface area (Å²) < 4.78 is 41.2. The topological polar surface area (TPSA) is 34.1 Å². The molecule has 0 saturated carbocycles. The molecule has 0 aliphatic rings. The predicted octanol–water partition coefficient (Wildman–Crippen LogP) is 3.42. The first kappa shape index (κ1) is 14.9. The first-order valence-electron chi connectivity index (χ1n) is 5.90. The van der Waals surface area contributed by atoms with Crippen LogP contribution in [-0.4, -0.2) is 30.9 Å². The number of rotatable bonds is 5. The van der Waals surface area contributed by atoms with E-state index in [9.17, 15) is 13.2 Å². The molecule has 1 aromatic carbocycles. The molecule has 0 aliphatic heterocycles. The monoisotopic (exact) mass is 304 g/mol. The molecule has 0 unspecified atom stereocenters. The Morgan fingerprint density at radius 1 is 1.25 bits per heavy atom. The Bertz CT molecular complexity index is 589. The lowest BCUT2D eigenvalue weighted by Crippen LogP contribution is -2.31. The Morgan fingerprint density at radius 3 is 2.80 bits per heavy atom. The van der Waals surface area contributed by atoms with Gasteiger partial charge >= 0.3 is 6.18 Å². The minimum atomic E-state index is -4.22. The van der Waals surface area contributed by atoms with E-state index in [1.165, 1.54) is 0 Å². The van der Waals surface area contributed by atoms with Crippen LogP contribution in [0, 0.1) is 0 Å². The number of hydrogen-bond donors (Lipinski definition) is 1. The van der Waals surface area contributed by atoms with Gasteiger partial charge in [0.1, 0.15) is 6.61 Å². The standard InChI is InChI=1S/C13H12ClF3N2O/c14-10-2-1-9-3-4-19-12(11(9)7-10)20-6-5-18-8-13(15,16)17/h1-4,7,18H,5-6,8H2. The number of nitrogens with one attached hydrogen (secondary N) is 1. The van der Waals surface area contributed by atoms with Gasteiger partial charge in [0.2, 0.25) is 5.88 Å². The van der Waals surface area contributed by atoms with E-state index in [-0.39, 0.29) is 13.2 Å². The highest BCUT2D eigenvalue weighted by atomic mass is 35.5. The fourth-order valence-electron chi connectivity index (χ4n) is 1.68. The SMILES string of the molecule is FC(F)(F)CNCCOc1nccc2ccc(Cl)cc12. The first-order valence-corrected chi connectivity index (χ1v) is 6.28. The number of fused-ring (bicyclic) bond motifs is 1. The average molecular weight is 305 g/mol. The van der Waals surface area contributed by atoms with Crippen molar-refractivity contribution in [1.82, 2.24) is 10.3 Å². The van der Waals surface area contributed by atoms with Crippen LogP contribution in [0.2, 0.25) is 5.02 Å². The zero-order valence-corrected chi connectivity index (χ0v) is 11.1. The Kier molecular flexibility index (Phi) is 4.67. The van der Waals surface area contributed by atoms with Crippen LogP contribution in [0.3, 0.4) is 0 Å². The molecule has 20 heavy (non-hydrogen) atoms. The van der Waals surface area contributed by atoms with Crippen LogP contribution in [0.1, 0.15) is 0 Å². The number of pyridine rings is 1. The summed E-state index contributed by atoms with van der Waals surface area (Å²) in [7, 11) is 0. The van der Waals surface area contributed by atoms with Crippen LogP contribution >= 0.6 is 11.6 Å². The number of alkyl halides is 3. The molecular weight excluding hydrogens is 293 g/mol. The maximum Gasteiger partial charge on any atom is 0.401 e. The molecule has 1 aromatic heterocycles. The van der Waals surface area contributed by atoms with Crippen molar-refractivity contribution in [3.8, 4) is 5.88 Å². The molecule has 3 nitrogen and oxygen atoms in total. The van der Waals surface area contributed by atoms with Gasteiger partial charge in [0, 0.05) is 23.2 Å². The molecule has 0 fully saturated rings.